The third-order valence-electron chi connectivity index (χ3n) is 2.85. The molecule has 0 saturated carbocycles. The van der Waals surface area contributed by atoms with Crippen LogP contribution in [0.3, 0.4) is 0 Å². The molecule has 0 aliphatic carbocycles. The molecule has 5 heteroatoms. The molecule has 0 fully saturated rings. The van der Waals surface area contributed by atoms with Gasteiger partial charge in [-0.3, -0.25) is 4.90 Å². The molecule has 3 N–H and O–H groups in total. The number of nitrogens with two attached hydrogens (primary N) is 1. The number of hydrogen-bond acceptors (Lipinski definition) is 4. The summed E-state index contributed by atoms with van der Waals surface area (Å²) in [5, 5.41) is 3.42. The van der Waals surface area contributed by atoms with Crippen LogP contribution in [0.15, 0.2) is 12.4 Å². The molecule has 124 valence electrons. The van der Waals surface area contributed by atoms with Crippen molar-refractivity contribution in [2.24, 2.45) is 5.73 Å². The fraction of sp³-hybridized carbons (Fsp3) is 0.812. The van der Waals surface area contributed by atoms with Crippen LogP contribution in [0.4, 0.5) is 4.79 Å². The van der Waals surface area contributed by atoms with E-state index in [0.717, 1.165) is 25.9 Å². The summed E-state index contributed by atoms with van der Waals surface area (Å²) in [7, 11) is 0. The van der Waals surface area contributed by atoms with E-state index in [1.165, 1.54) is 30.4 Å². The number of amides is 1. The lowest BCUT2D eigenvalue weighted by Crippen LogP contribution is -2.34. The molecule has 0 radical (unpaired) electrons. The topological polar surface area (TPSA) is 67.6 Å². The fourth-order valence-corrected chi connectivity index (χ4v) is 1.81. The average molecular weight is 299 g/mol. The largest absolute Gasteiger partial charge is 0.443 e. The van der Waals surface area contributed by atoms with Gasteiger partial charge in [-0.15, -0.1) is 0 Å². The van der Waals surface area contributed by atoms with Crippen LogP contribution in [0.5, 0.6) is 0 Å². The summed E-state index contributed by atoms with van der Waals surface area (Å²) < 4.78 is 5.34. The summed E-state index contributed by atoms with van der Waals surface area (Å²) in [6.45, 7) is 10.5. The van der Waals surface area contributed by atoms with Gasteiger partial charge >= 0.3 is 6.09 Å². The normalized spacial score (nSPS) is 11.8. The van der Waals surface area contributed by atoms with Gasteiger partial charge in [-0.1, -0.05) is 19.8 Å². The fourth-order valence-electron chi connectivity index (χ4n) is 1.81. The summed E-state index contributed by atoms with van der Waals surface area (Å²) in [6.07, 6.45) is 8.30. The molecular formula is C16H33N3O2. The highest BCUT2D eigenvalue weighted by Gasteiger charge is 2.20. The van der Waals surface area contributed by atoms with Crippen LogP contribution in [0, 0.1) is 0 Å². The Morgan fingerprint density at radius 1 is 1.19 bits per heavy atom. The molecule has 0 heterocycles. The maximum atomic E-state index is 12.0. The first-order valence-electron chi connectivity index (χ1n) is 7.99. The second kappa shape index (κ2) is 11.4. The summed E-state index contributed by atoms with van der Waals surface area (Å²) in [4.78, 5) is 13.5. The van der Waals surface area contributed by atoms with Crippen LogP contribution in [-0.4, -0.2) is 36.2 Å². The average Bonchev–Trinajstić information content (AvgIpc) is 2.38. The highest BCUT2D eigenvalue weighted by molar-refractivity contribution is 5.69. The van der Waals surface area contributed by atoms with Gasteiger partial charge in [-0.05, 0) is 53.1 Å². The lowest BCUT2D eigenvalue weighted by Gasteiger charge is -2.25. The third-order valence-corrected chi connectivity index (χ3v) is 2.85. The van der Waals surface area contributed by atoms with E-state index in [-0.39, 0.29) is 6.09 Å². The molecule has 0 aliphatic heterocycles. The van der Waals surface area contributed by atoms with Crippen LogP contribution in [0.25, 0.3) is 0 Å². The molecule has 21 heavy (non-hydrogen) atoms. The van der Waals surface area contributed by atoms with Crippen LogP contribution in [0.2, 0.25) is 0 Å². The minimum absolute atomic E-state index is 0.347. The van der Waals surface area contributed by atoms with E-state index in [4.69, 9.17) is 10.5 Å². The molecule has 1 amide bonds. The van der Waals surface area contributed by atoms with Crippen molar-refractivity contribution < 1.29 is 9.53 Å². The van der Waals surface area contributed by atoms with Crippen molar-refractivity contribution in [1.82, 2.24) is 10.2 Å². The zero-order chi connectivity index (χ0) is 16.1. The molecule has 0 bridgehead atoms. The third kappa shape index (κ3) is 12.2. The van der Waals surface area contributed by atoms with E-state index in [1.807, 2.05) is 20.8 Å². The first-order valence-corrected chi connectivity index (χ1v) is 7.99. The molecule has 0 aliphatic rings. The first kappa shape index (κ1) is 19.8. The van der Waals surface area contributed by atoms with Crippen LogP contribution in [-0.2, 0) is 4.74 Å². The van der Waals surface area contributed by atoms with E-state index in [9.17, 15) is 4.79 Å². The molecule has 0 aromatic heterocycles. The van der Waals surface area contributed by atoms with Crippen LogP contribution in [0.1, 0.15) is 59.8 Å². The Hall–Kier alpha value is -1.23. The van der Waals surface area contributed by atoms with Crippen molar-refractivity contribution in [3.05, 3.63) is 12.4 Å². The number of carbonyl (C=O) groups is 1. The number of ether oxygens (including phenoxy) is 1. The SMILES string of the molecule is CCCCCNCCCCN(/C=C\N)C(=O)OC(C)(C)C. The van der Waals surface area contributed by atoms with E-state index in [2.05, 4.69) is 12.2 Å². The van der Waals surface area contributed by atoms with Crippen molar-refractivity contribution in [2.75, 3.05) is 19.6 Å². The number of nitrogens with one attached hydrogen (secondary N) is 1. The maximum absolute atomic E-state index is 12.0. The van der Waals surface area contributed by atoms with Gasteiger partial charge in [-0.2, -0.15) is 0 Å². The second-order valence-electron chi connectivity index (χ2n) is 6.18. The van der Waals surface area contributed by atoms with Gasteiger partial charge < -0.3 is 15.8 Å². The molecule has 0 atom stereocenters. The molecular weight excluding hydrogens is 266 g/mol. The van der Waals surface area contributed by atoms with Crippen molar-refractivity contribution >= 4 is 6.09 Å². The smallest absolute Gasteiger partial charge is 0.414 e. The number of nitrogens with zero attached hydrogens (tertiary/aromatic N) is 1. The Morgan fingerprint density at radius 3 is 2.33 bits per heavy atom. The first-order chi connectivity index (χ1) is 9.90. The lowest BCUT2D eigenvalue weighted by atomic mass is 10.2. The lowest BCUT2D eigenvalue weighted by molar-refractivity contribution is 0.0332. The summed E-state index contributed by atoms with van der Waals surface area (Å²) >= 11 is 0. The van der Waals surface area contributed by atoms with E-state index in [1.54, 1.807) is 6.20 Å². The minimum Gasteiger partial charge on any atom is -0.443 e. The predicted molar refractivity (Wildman–Crippen MR) is 87.9 cm³/mol. The van der Waals surface area contributed by atoms with Crippen molar-refractivity contribution in [3.8, 4) is 0 Å². The van der Waals surface area contributed by atoms with Gasteiger partial charge in [0.15, 0.2) is 0 Å². The predicted octanol–water partition coefficient (Wildman–Crippen LogP) is 3.21. The highest BCUT2D eigenvalue weighted by Crippen LogP contribution is 2.10. The van der Waals surface area contributed by atoms with Crippen molar-refractivity contribution in [1.29, 1.82) is 0 Å². The molecule has 0 rings (SSSR count). The number of hydrogen-bond donors (Lipinski definition) is 2. The standard InChI is InChI=1S/C16H33N3O2/c1-5-6-7-11-18-12-8-9-13-19(14-10-17)15(20)21-16(2,3)4/h10,14,18H,5-9,11-13,17H2,1-4H3/b14-10-. The van der Waals surface area contributed by atoms with Gasteiger partial charge in [0, 0.05) is 18.9 Å². The Labute approximate surface area is 129 Å². The summed E-state index contributed by atoms with van der Waals surface area (Å²) in [5.74, 6) is 0. The van der Waals surface area contributed by atoms with E-state index in [0.29, 0.717) is 6.54 Å². The molecule has 0 aromatic carbocycles. The van der Waals surface area contributed by atoms with Gasteiger partial charge in [0.05, 0.1) is 0 Å². The van der Waals surface area contributed by atoms with Gasteiger partial charge in [0.2, 0.25) is 0 Å². The maximum Gasteiger partial charge on any atom is 0.414 e. The van der Waals surface area contributed by atoms with Crippen LogP contribution < -0.4 is 11.1 Å². The van der Waals surface area contributed by atoms with E-state index >= 15 is 0 Å². The molecule has 0 spiro atoms. The zero-order valence-electron chi connectivity index (χ0n) is 14.2. The Morgan fingerprint density at radius 2 is 1.81 bits per heavy atom. The van der Waals surface area contributed by atoms with Gasteiger partial charge in [0.1, 0.15) is 5.60 Å². The molecule has 0 aromatic rings. The van der Waals surface area contributed by atoms with Crippen molar-refractivity contribution in [2.45, 2.75) is 65.4 Å². The number of carbonyl (C=O) groups excluding carboxylic acids is 1. The zero-order valence-corrected chi connectivity index (χ0v) is 14.2. The Kier molecular flexibility index (Phi) is 10.8. The summed E-state index contributed by atoms with van der Waals surface area (Å²) in [5.41, 5.74) is 4.90. The number of unbranched alkanes of at least 4 members (excludes halogenated alkanes) is 3. The minimum atomic E-state index is -0.487. The molecule has 5 nitrogen and oxygen atoms in total. The molecule has 0 saturated heterocycles. The van der Waals surface area contributed by atoms with Gasteiger partial charge in [-0.25, -0.2) is 4.79 Å². The van der Waals surface area contributed by atoms with Gasteiger partial charge in [0.25, 0.3) is 0 Å². The summed E-state index contributed by atoms with van der Waals surface area (Å²) in [6, 6.07) is 0. The van der Waals surface area contributed by atoms with E-state index < -0.39 is 5.60 Å². The monoisotopic (exact) mass is 299 g/mol. The Bertz CT molecular complexity index is 298. The van der Waals surface area contributed by atoms with Crippen molar-refractivity contribution in [3.63, 3.8) is 0 Å². The Balaban J connectivity index is 3.87. The van der Waals surface area contributed by atoms with Crippen LogP contribution >= 0.6 is 0 Å². The number of rotatable bonds is 10. The highest BCUT2D eigenvalue weighted by atomic mass is 16.6. The quantitative estimate of drug-likeness (QED) is 0.608. The molecule has 0 unspecified atom stereocenters. The second-order valence-corrected chi connectivity index (χ2v) is 6.18.